The van der Waals surface area contributed by atoms with Crippen molar-refractivity contribution in [1.29, 1.82) is 5.26 Å². The van der Waals surface area contributed by atoms with E-state index in [1.165, 1.54) is 43.5 Å². The third-order valence-corrected chi connectivity index (χ3v) is 5.61. The third-order valence-electron chi connectivity index (χ3n) is 5.61. The van der Waals surface area contributed by atoms with Crippen molar-refractivity contribution >= 4 is 11.4 Å². The Morgan fingerprint density at radius 2 is 1.28 bits per heavy atom. The van der Waals surface area contributed by atoms with Crippen LogP contribution in [0.25, 0.3) is 0 Å². The molecule has 0 radical (unpaired) electrons. The highest BCUT2D eigenvalue weighted by Crippen LogP contribution is 2.23. The highest BCUT2D eigenvalue weighted by atomic mass is 16.5. The molecule has 1 aliphatic rings. The van der Waals surface area contributed by atoms with E-state index in [1.807, 2.05) is 24.3 Å². The fourth-order valence-corrected chi connectivity index (χ4v) is 3.80. The molecule has 1 heterocycles. The van der Waals surface area contributed by atoms with Crippen LogP contribution >= 0.6 is 0 Å². The first kappa shape index (κ1) is 21.0. The summed E-state index contributed by atoms with van der Waals surface area (Å²) >= 11 is 0. The maximum atomic E-state index is 8.94. The Morgan fingerprint density at radius 1 is 0.759 bits per heavy atom. The fourth-order valence-electron chi connectivity index (χ4n) is 3.80. The van der Waals surface area contributed by atoms with E-state index in [-0.39, 0.29) is 0 Å². The number of nitriles is 1. The molecule has 154 valence electrons. The highest BCUT2D eigenvalue weighted by molar-refractivity contribution is 5.54. The first-order chi connectivity index (χ1) is 14.3. The summed E-state index contributed by atoms with van der Waals surface area (Å²) in [6.07, 6.45) is 7.73. The lowest BCUT2D eigenvalue weighted by Crippen LogP contribution is -2.46. The van der Waals surface area contributed by atoms with Crippen LogP contribution in [0.15, 0.2) is 48.5 Å². The van der Waals surface area contributed by atoms with E-state index in [0.717, 1.165) is 45.0 Å². The molecule has 1 aliphatic heterocycles. The Hall–Kier alpha value is -2.67. The van der Waals surface area contributed by atoms with Gasteiger partial charge in [0.1, 0.15) is 5.75 Å². The minimum atomic E-state index is 0.714. The van der Waals surface area contributed by atoms with Gasteiger partial charge >= 0.3 is 0 Å². The van der Waals surface area contributed by atoms with E-state index in [2.05, 4.69) is 47.1 Å². The number of hydrogen-bond acceptors (Lipinski definition) is 4. The number of benzene rings is 2. The normalized spacial score (nSPS) is 13.9. The molecular weight excluding hydrogens is 358 g/mol. The van der Waals surface area contributed by atoms with Gasteiger partial charge in [-0.25, -0.2) is 0 Å². The first-order valence-corrected chi connectivity index (χ1v) is 11.0. The summed E-state index contributed by atoms with van der Waals surface area (Å²) in [5, 5.41) is 8.94. The van der Waals surface area contributed by atoms with Crippen molar-refractivity contribution in [2.75, 3.05) is 42.6 Å². The van der Waals surface area contributed by atoms with Crippen LogP contribution in [0, 0.1) is 11.3 Å². The monoisotopic (exact) mass is 391 g/mol. The minimum Gasteiger partial charge on any atom is -0.494 e. The van der Waals surface area contributed by atoms with Gasteiger partial charge in [0, 0.05) is 37.6 Å². The molecule has 0 N–H and O–H groups in total. The zero-order valence-corrected chi connectivity index (χ0v) is 17.6. The predicted octanol–water partition coefficient (Wildman–Crippen LogP) is 5.62. The number of piperazine rings is 1. The van der Waals surface area contributed by atoms with Gasteiger partial charge in [-0.1, -0.05) is 39.0 Å². The molecule has 0 aliphatic carbocycles. The molecule has 4 nitrogen and oxygen atoms in total. The van der Waals surface area contributed by atoms with Gasteiger partial charge in [-0.05, 0) is 55.0 Å². The van der Waals surface area contributed by atoms with Crippen LogP contribution in [0.1, 0.15) is 51.0 Å². The van der Waals surface area contributed by atoms with E-state index < -0.39 is 0 Å². The van der Waals surface area contributed by atoms with Crippen LogP contribution in [0.5, 0.6) is 5.75 Å². The second kappa shape index (κ2) is 11.4. The molecule has 1 saturated heterocycles. The van der Waals surface area contributed by atoms with Crippen molar-refractivity contribution in [1.82, 2.24) is 0 Å². The second-order valence-electron chi connectivity index (χ2n) is 7.74. The molecule has 0 amide bonds. The van der Waals surface area contributed by atoms with E-state index in [1.54, 1.807) is 0 Å². The van der Waals surface area contributed by atoms with Crippen molar-refractivity contribution in [2.45, 2.75) is 45.4 Å². The number of rotatable bonds is 10. The standard InChI is InChI=1S/C25H33N3O/c1-2-3-4-5-6-7-20-29-25-14-12-24(13-15-25)28-18-16-27(17-19-28)23-10-8-22(21-26)9-11-23/h8-15H,2-7,16-20H2,1H3. The third kappa shape index (κ3) is 6.42. The zero-order valence-electron chi connectivity index (χ0n) is 17.6. The van der Waals surface area contributed by atoms with Crippen LogP contribution in [0.2, 0.25) is 0 Å². The molecule has 0 saturated carbocycles. The Balaban J connectivity index is 1.40. The van der Waals surface area contributed by atoms with E-state index in [9.17, 15) is 0 Å². The lowest BCUT2D eigenvalue weighted by Gasteiger charge is -2.37. The molecule has 0 aromatic heterocycles. The summed E-state index contributed by atoms with van der Waals surface area (Å²) in [4.78, 5) is 4.81. The molecule has 0 bridgehead atoms. The van der Waals surface area contributed by atoms with Crippen LogP contribution in [-0.4, -0.2) is 32.8 Å². The Kier molecular flexibility index (Phi) is 8.25. The van der Waals surface area contributed by atoms with Crippen molar-refractivity contribution in [2.24, 2.45) is 0 Å². The average Bonchev–Trinajstić information content (AvgIpc) is 2.79. The zero-order chi connectivity index (χ0) is 20.3. The summed E-state index contributed by atoms with van der Waals surface area (Å²) < 4.78 is 5.90. The molecule has 4 heteroatoms. The summed E-state index contributed by atoms with van der Waals surface area (Å²) in [6.45, 7) is 7.04. The summed E-state index contributed by atoms with van der Waals surface area (Å²) in [5.74, 6) is 0.971. The minimum absolute atomic E-state index is 0.714. The largest absolute Gasteiger partial charge is 0.494 e. The number of hydrogen-bond donors (Lipinski definition) is 0. The lowest BCUT2D eigenvalue weighted by molar-refractivity contribution is 0.304. The summed E-state index contributed by atoms with van der Waals surface area (Å²) in [6, 6.07) is 18.6. The smallest absolute Gasteiger partial charge is 0.119 e. The van der Waals surface area contributed by atoms with E-state index in [0.29, 0.717) is 5.56 Å². The molecule has 0 atom stereocenters. The highest BCUT2D eigenvalue weighted by Gasteiger charge is 2.17. The van der Waals surface area contributed by atoms with Crippen LogP contribution in [0.3, 0.4) is 0 Å². The number of ether oxygens (including phenoxy) is 1. The van der Waals surface area contributed by atoms with Gasteiger partial charge in [-0.2, -0.15) is 5.26 Å². The van der Waals surface area contributed by atoms with Crippen molar-refractivity contribution in [3.8, 4) is 11.8 Å². The van der Waals surface area contributed by atoms with Gasteiger partial charge in [0.05, 0.1) is 18.2 Å². The molecule has 0 unspecified atom stereocenters. The van der Waals surface area contributed by atoms with Crippen LogP contribution in [0.4, 0.5) is 11.4 Å². The Labute approximate surface area is 175 Å². The maximum absolute atomic E-state index is 8.94. The van der Waals surface area contributed by atoms with Crippen molar-refractivity contribution < 1.29 is 4.74 Å². The van der Waals surface area contributed by atoms with Gasteiger partial charge < -0.3 is 14.5 Å². The Bertz CT molecular complexity index is 756. The van der Waals surface area contributed by atoms with Crippen molar-refractivity contribution in [3.05, 3.63) is 54.1 Å². The maximum Gasteiger partial charge on any atom is 0.119 e. The quantitative estimate of drug-likeness (QED) is 0.493. The Morgan fingerprint density at radius 3 is 1.83 bits per heavy atom. The molecule has 29 heavy (non-hydrogen) atoms. The topological polar surface area (TPSA) is 39.5 Å². The van der Waals surface area contributed by atoms with Crippen LogP contribution in [-0.2, 0) is 0 Å². The second-order valence-corrected chi connectivity index (χ2v) is 7.74. The van der Waals surface area contributed by atoms with E-state index >= 15 is 0 Å². The van der Waals surface area contributed by atoms with Gasteiger partial charge in [0.2, 0.25) is 0 Å². The number of anilines is 2. The van der Waals surface area contributed by atoms with Gasteiger partial charge in [0.15, 0.2) is 0 Å². The molecule has 1 fully saturated rings. The molecule has 2 aromatic rings. The first-order valence-electron chi connectivity index (χ1n) is 11.0. The lowest BCUT2D eigenvalue weighted by atomic mass is 10.1. The van der Waals surface area contributed by atoms with Gasteiger partial charge in [-0.3, -0.25) is 0 Å². The van der Waals surface area contributed by atoms with Gasteiger partial charge in [-0.15, -0.1) is 0 Å². The summed E-state index contributed by atoms with van der Waals surface area (Å²) in [7, 11) is 0. The SMILES string of the molecule is CCCCCCCCOc1ccc(N2CCN(c3ccc(C#N)cc3)CC2)cc1. The van der Waals surface area contributed by atoms with Gasteiger partial charge in [0.25, 0.3) is 0 Å². The fraction of sp³-hybridized carbons (Fsp3) is 0.480. The molecular formula is C25H33N3O. The molecule has 2 aromatic carbocycles. The summed E-state index contributed by atoms with van der Waals surface area (Å²) in [5.41, 5.74) is 3.17. The predicted molar refractivity (Wildman–Crippen MR) is 121 cm³/mol. The molecule has 3 rings (SSSR count). The van der Waals surface area contributed by atoms with Crippen molar-refractivity contribution in [3.63, 3.8) is 0 Å². The van der Waals surface area contributed by atoms with Crippen LogP contribution < -0.4 is 14.5 Å². The van der Waals surface area contributed by atoms with E-state index in [4.69, 9.17) is 10.00 Å². The average molecular weight is 392 g/mol. The number of nitrogens with zero attached hydrogens (tertiary/aromatic N) is 3. The molecule has 0 spiro atoms. The number of unbranched alkanes of at least 4 members (excludes halogenated alkanes) is 5.